The first-order valence-corrected chi connectivity index (χ1v) is 27.6. The number of anilines is 1. The molecule has 0 saturated heterocycles. The summed E-state index contributed by atoms with van der Waals surface area (Å²) in [5.41, 5.74) is 16.3. The van der Waals surface area contributed by atoms with Crippen molar-refractivity contribution in [1.82, 2.24) is 67.4 Å². The second-order valence-electron chi connectivity index (χ2n) is 14.2. The molecule has 0 bridgehead atoms. The van der Waals surface area contributed by atoms with Gasteiger partial charge >= 0.3 is 24.8 Å². The first-order valence-electron chi connectivity index (χ1n) is 18.8. The molecule has 0 aliphatic heterocycles. The molecule has 9 heterocycles. The summed E-state index contributed by atoms with van der Waals surface area (Å²) in [6.07, 6.45) is 45.5. The minimum Gasteiger partial charge on any atom is -0.304 e. The predicted octanol–water partition coefficient (Wildman–Crippen LogP) is 7.69. The summed E-state index contributed by atoms with van der Waals surface area (Å²) in [5, 5.41) is 0. The van der Waals surface area contributed by atoms with Crippen molar-refractivity contribution in [2.75, 3.05) is 11.6 Å². The van der Waals surface area contributed by atoms with Gasteiger partial charge in [0.05, 0.1) is 55.5 Å². The number of aldehydes is 1. The molecule has 1 radical (unpaired) electrons. The fourth-order valence-electron chi connectivity index (χ4n) is 4.03. The fraction of sp³-hybridized carbons (Fsp3) is 0.186. The number of aromatic nitrogens is 14. The summed E-state index contributed by atoms with van der Waals surface area (Å²) in [6.45, 7) is 13.1. The van der Waals surface area contributed by atoms with Gasteiger partial charge in [0.2, 0.25) is 0 Å². The van der Waals surface area contributed by atoms with E-state index in [2.05, 4.69) is 153 Å². The number of hydrogen-bond donors (Lipinski definition) is 2. The normalized spacial score (nSPS) is 9.55. The molecule has 0 spiro atoms. The maximum absolute atomic E-state index is 9.04. The van der Waals surface area contributed by atoms with Gasteiger partial charge in [-0.2, -0.15) is 0 Å². The van der Waals surface area contributed by atoms with Crippen molar-refractivity contribution in [2.24, 2.45) is 4.30 Å². The van der Waals surface area contributed by atoms with Crippen molar-refractivity contribution in [3.63, 3.8) is 0 Å². The van der Waals surface area contributed by atoms with E-state index in [1.165, 1.54) is 6.20 Å². The van der Waals surface area contributed by atoms with E-state index in [0.29, 0.717) is 12.1 Å². The van der Waals surface area contributed by atoms with Crippen molar-refractivity contribution >= 4 is 98.8 Å². The molecule has 0 aromatic carbocycles. The second kappa shape index (κ2) is 31.1. The maximum atomic E-state index is 9.04. The third-order valence-corrected chi connectivity index (χ3v) is 9.36. The van der Waals surface area contributed by atoms with Gasteiger partial charge in [-0.05, 0) is 15.9 Å². The molecular weight excluding hydrogens is 971 g/mol. The van der Waals surface area contributed by atoms with E-state index in [9.17, 15) is 0 Å². The maximum Gasteiger partial charge on any atom is 0.155 e. The van der Waals surface area contributed by atoms with Crippen molar-refractivity contribution < 1.29 is 4.79 Å². The number of carbonyl (C=O) groups is 1. The molecule has 66 heavy (non-hydrogen) atoms. The Balaban J connectivity index is 0.000000391. The first-order chi connectivity index (χ1) is 31.1. The Labute approximate surface area is 407 Å². The summed E-state index contributed by atoms with van der Waals surface area (Å²) in [5.74, 6) is 6.29. The van der Waals surface area contributed by atoms with Crippen LogP contribution in [0.25, 0.3) is 22.6 Å². The number of thiol groups is 1. The molecule has 0 atom stereocenters. The van der Waals surface area contributed by atoms with E-state index in [1.807, 2.05) is 42.4 Å². The van der Waals surface area contributed by atoms with Gasteiger partial charge in [0.25, 0.3) is 0 Å². The topological polar surface area (TPSA) is 202 Å². The van der Waals surface area contributed by atoms with E-state index < -0.39 is 16.1 Å². The van der Waals surface area contributed by atoms with Crippen LogP contribution in [-0.2, 0) is 4.79 Å². The molecule has 0 saturated carbocycles. The zero-order valence-electron chi connectivity index (χ0n) is 36.5. The van der Waals surface area contributed by atoms with Gasteiger partial charge in [0.15, 0.2) is 22.6 Å². The average Bonchev–Trinajstić information content (AvgIpc) is 4.13. The molecule has 0 unspecified atom stereocenters. The number of hydrogen-bond acceptors (Lipinski definition) is 14. The smallest absolute Gasteiger partial charge is 0.155 e. The summed E-state index contributed by atoms with van der Waals surface area (Å²) in [7, 11) is 1.91. The van der Waals surface area contributed by atoms with Crippen LogP contribution in [0.4, 0.5) is 5.82 Å². The van der Waals surface area contributed by atoms with Crippen molar-refractivity contribution in [2.45, 2.75) is 46.7 Å². The van der Waals surface area contributed by atoms with Crippen molar-refractivity contribution in [3.8, 4) is 35.8 Å². The number of terminal acetylenes is 2. The van der Waals surface area contributed by atoms with Gasteiger partial charge in [-0.3, -0.25) is 38.1 Å². The Hall–Kier alpha value is -6.87. The third-order valence-electron chi connectivity index (χ3n) is 6.90. The summed E-state index contributed by atoms with van der Waals surface area (Å²) < 4.78 is 11.2. The van der Waals surface area contributed by atoms with Crippen LogP contribution < -0.4 is 5.73 Å². The molecule has 0 aliphatic carbocycles. The Morgan fingerprint density at radius 3 is 1.55 bits per heavy atom. The molecule has 23 heteroatoms. The van der Waals surface area contributed by atoms with Crippen LogP contribution in [0.5, 0.6) is 0 Å². The predicted molar refractivity (Wildman–Crippen MR) is 277 cm³/mol. The Bertz CT molecular complexity index is 2920. The van der Waals surface area contributed by atoms with Crippen LogP contribution in [0.15, 0.2) is 133 Å². The van der Waals surface area contributed by atoms with Crippen molar-refractivity contribution in [1.29, 1.82) is 0 Å². The third kappa shape index (κ3) is 22.2. The summed E-state index contributed by atoms with van der Waals surface area (Å²) in [6, 6.07) is 0. The van der Waals surface area contributed by atoms with Gasteiger partial charge in [-0.25, -0.2) is 24.9 Å². The molecule has 17 nitrogen and oxygen atoms in total. The average molecular weight is 1020 g/mol. The molecule has 2 N–H and O–H groups in total. The quantitative estimate of drug-likeness (QED) is 0.0535. The number of nitrogens with two attached hydrogens (primary N) is 1. The second-order valence-corrected chi connectivity index (χ2v) is 25.0. The number of rotatable bonds is 1. The summed E-state index contributed by atoms with van der Waals surface area (Å²) >= 11 is 11.3. The van der Waals surface area contributed by atoms with E-state index >= 15 is 0 Å². The van der Waals surface area contributed by atoms with E-state index in [4.69, 9.17) is 35.0 Å². The van der Waals surface area contributed by atoms with Gasteiger partial charge in [-0.1, -0.05) is 58.5 Å². The van der Waals surface area contributed by atoms with Crippen LogP contribution in [0, 0.1) is 35.8 Å². The Kier molecular flexibility index (Phi) is 26.9. The van der Waals surface area contributed by atoms with Crippen LogP contribution in [-0.4, -0.2) is 103 Å². The Morgan fingerprint density at radius 2 is 1.12 bits per heavy atom. The van der Waals surface area contributed by atoms with Gasteiger partial charge in [-0.15, -0.1) is 35.5 Å². The van der Waals surface area contributed by atoms with Crippen LogP contribution in [0.1, 0.15) is 18.8 Å². The largest absolute Gasteiger partial charge is 0.304 e. The number of fused-ring (bicyclic) bond motifs is 4. The van der Waals surface area contributed by atoms with Crippen LogP contribution in [0.2, 0.25) is 39.3 Å². The zero-order chi connectivity index (χ0) is 48.1. The minimum absolute atomic E-state index is 0. The number of alkyl halides is 1. The molecule has 0 aliphatic rings. The number of nitrogen functional groups attached to an aromatic ring is 1. The molecule has 9 aromatic heterocycles. The van der Waals surface area contributed by atoms with E-state index in [0.717, 1.165) is 38.6 Å². The summed E-state index contributed by atoms with van der Waals surface area (Å²) in [4.78, 5) is 48.5. The molecule has 0 fully saturated rings. The van der Waals surface area contributed by atoms with Gasteiger partial charge in [0, 0.05) is 74.4 Å². The molecular formula is C43H50BBrClN16OSSi2. The molecule has 0 amide bonds. The SMILES string of the molecule is Brc1cnc2cnccn12.C.C#C[Si](C)(C)C.C#Cc1cnc2cnccn12.C[Si](C)(C)C#Cc1cnc2cnccn12.Nc1cnccn1.O=CCCl.[B]=NS.c1cn2ccnc2cn1. The van der Waals surface area contributed by atoms with Crippen LogP contribution in [0.3, 0.4) is 0 Å². The van der Waals surface area contributed by atoms with Gasteiger partial charge in [0.1, 0.15) is 44.2 Å². The Morgan fingerprint density at radius 1 is 0.682 bits per heavy atom. The zero-order valence-corrected chi connectivity index (χ0v) is 41.7. The minimum atomic E-state index is -1.32. The molecule has 9 aromatic rings. The first kappa shape index (κ1) is 57.1. The number of carbonyl (C=O) groups excluding carboxylic acids is 1. The van der Waals surface area contributed by atoms with Crippen molar-refractivity contribution in [3.05, 3.63) is 140 Å². The molecule has 339 valence electrons. The van der Waals surface area contributed by atoms with E-state index in [-0.39, 0.29) is 13.3 Å². The monoisotopic (exact) mass is 1020 g/mol. The number of halogens is 2. The number of imidazole rings is 4. The standard InChI is InChI=1S/C11H13N3Si.C8H5N3.C6H4BrN3.C6H5N3.C5H10Si.C4H5N3.C2H3ClO.CH4.BHNS/c1-15(2,3)7-4-10-8-13-11-9-12-5-6-14(10)11;1-2-7-5-10-8-6-9-3-4-11(7)8;7-5-3-9-6-4-8-1-2-10(5)6;1-3-9-4-2-8-6(9)5-7-1;1-5-6(2,3)4;5-4-3-6-1-2-7-4;3-1-2-4;;1-2-3/h5-6,8-9H,1-3H3;1,3-6H;1-4H;1-5H;1H,2-4H3;1-3H,(H2,5,7);2H,1H2;1H4;3H. The van der Waals surface area contributed by atoms with Gasteiger partial charge < -0.3 is 14.9 Å². The fourth-order valence-corrected chi connectivity index (χ4v) is 4.93. The van der Waals surface area contributed by atoms with Crippen LogP contribution >= 0.6 is 40.3 Å². The number of nitrogens with zero attached hydrogens (tertiary/aromatic N) is 15. The van der Waals surface area contributed by atoms with E-state index in [1.54, 1.807) is 93.0 Å². The molecule has 9 rings (SSSR count).